The highest BCUT2D eigenvalue weighted by Gasteiger charge is 2.42. The van der Waals surface area contributed by atoms with Crippen molar-refractivity contribution < 1.29 is 19.5 Å². The molecule has 0 bridgehead atoms. The highest BCUT2D eigenvalue weighted by molar-refractivity contribution is 5.91. The molecular weight excluding hydrogens is 274 g/mol. The van der Waals surface area contributed by atoms with Gasteiger partial charge in [-0.3, -0.25) is 9.59 Å². The summed E-state index contributed by atoms with van der Waals surface area (Å²) in [6.45, 7) is 4.23. The normalized spacial score (nSPS) is 28.7. The zero-order valence-electron chi connectivity index (χ0n) is 12.5. The minimum atomic E-state index is -0.921. The molecule has 2 aliphatic rings. The smallest absolute Gasteiger partial charge is 0.318 e. The number of piperazine rings is 1. The van der Waals surface area contributed by atoms with Crippen molar-refractivity contribution in [3.63, 3.8) is 0 Å². The molecule has 1 aliphatic carbocycles. The molecule has 7 nitrogen and oxygen atoms in total. The molecule has 3 N–H and O–H groups in total. The van der Waals surface area contributed by atoms with E-state index in [0.29, 0.717) is 25.9 Å². The summed E-state index contributed by atoms with van der Waals surface area (Å²) in [5.41, 5.74) is -0.921. The predicted molar refractivity (Wildman–Crippen MR) is 75.7 cm³/mol. The number of rotatable bonds is 2. The second-order valence-electron chi connectivity index (χ2n) is 6.25. The number of carbonyl (C=O) groups excluding carboxylic acids is 2. The molecule has 2 fully saturated rings. The van der Waals surface area contributed by atoms with Crippen LogP contribution in [0.25, 0.3) is 0 Å². The minimum Gasteiger partial charge on any atom is -0.481 e. The molecule has 3 amide bonds. The highest BCUT2D eigenvalue weighted by atomic mass is 16.4. The van der Waals surface area contributed by atoms with Gasteiger partial charge >= 0.3 is 12.0 Å². The van der Waals surface area contributed by atoms with Crippen molar-refractivity contribution in [2.45, 2.75) is 51.1 Å². The lowest BCUT2D eigenvalue weighted by Crippen LogP contribution is -2.66. The summed E-state index contributed by atoms with van der Waals surface area (Å²) < 4.78 is 0. The first-order valence-electron chi connectivity index (χ1n) is 7.43. The van der Waals surface area contributed by atoms with Crippen LogP contribution in [0.5, 0.6) is 0 Å². The second-order valence-corrected chi connectivity index (χ2v) is 6.25. The monoisotopic (exact) mass is 297 g/mol. The zero-order chi connectivity index (χ0) is 15.6. The standard InChI is InChI=1S/C14H23N3O4/c1-14(2)12(20)15-7-8-17(14)13(21)16-10-6-4-3-5-9(10)11(18)19/h9-10H,3-8H2,1-2H3,(H,15,20)(H,16,21)(H,18,19). The lowest BCUT2D eigenvalue weighted by molar-refractivity contribution is -0.143. The van der Waals surface area contributed by atoms with Gasteiger partial charge in [0.1, 0.15) is 5.54 Å². The van der Waals surface area contributed by atoms with Crippen LogP contribution in [-0.2, 0) is 9.59 Å². The average molecular weight is 297 g/mol. The summed E-state index contributed by atoms with van der Waals surface area (Å²) in [5, 5.41) is 14.8. The Morgan fingerprint density at radius 1 is 1.33 bits per heavy atom. The molecule has 1 heterocycles. The van der Waals surface area contributed by atoms with Crippen LogP contribution in [-0.4, -0.2) is 52.6 Å². The zero-order valence-corrected chi connectivity index (χ0v) is 12.5. The summed E-state index contributed by atoms with van der Waals surface area (Å²) in [6.07, 6.45) is 3.05. The topological polar surface area (TPSA) is 98.7 Å². The van der Waals surface area contributed by atoms with E-state index < -0.39 is 17.4 Å². The molecule has 2 atom stereocenters. The van der Waals surface area contributed by atoms with Gasteiger partial charge in [-0.15, -0.1) is 0 Å². The fourth-order valence-electron chi connectivity index (χ4n) is 3.09. The van der Waals surface area contributed by atoms with E-state index in [1.807, 2.05) is 0 Å². The van der Waals surface area contributed by atoms with Gasteiger partial charge in [0, 0.05) is 19.1 Å². The number of aliphatic carboxylic acids is 1. The Bertz CT molecular complexity index is 450. The quantitative estimate of drug-likeness (QED) is 0.693. The maximum Gasteiger partial charge on any atom is 0.318 e. The van der Waals surface area contributed by atoms with E-state index in [1.165, 1.54) is 4.90 Å². The van der Waals surface area contributed by atoms with Gasteiger partial charge in [-0.1, -0.05) is 12.8 Å². The van der Waals surface area contributed by atoms with E-state index in [-0.39, 0.29) is 18.0 Å². The molecule has 0 aromatic rings. The van der Waals surface area contributed by atoms with Crippen molar-refractivity contribution in [3.8, 4) is 0 Å². The third-order valence-corrected chi connectivity index (χ3v) is 4.49. The van der Waals surface area contributed by atoms with Crippen molar-refractivity contribution in [1.82, 2.24) is 15.5 Å². The largest absolute Gasteiger partial charge is 0.481 e. The van der Waals surface area contributed by atoms with Gasteiger partial charge in [0.05, 0.1) is 5.92 Å². The summed E-state index contributed by atoms with van der Waals surface area (Å²) in [7, 11) is 0. The lowest BCUT2D eigenvalue weighted by atomic mass is 9.84. The first kappa shape index (κ1) is 15.6. The van der Waals surface area contributed by atoms with Crippen LogP contribution in [0.3, 0.4) is 0 Å². The van der Waals surface area contributed by atoms with Gasteiger partial charge in [-0.25, -0.2) is 4.79 Å². The molecular formula is C14H23N3O4. The van der Waals surface area contributed by atoms with Crippen LogP contribution < -0.4 is 10.6 Å². The minimum absolute atomic E-state index is 0.192. The van der Waals surface area contributed by atoms with Crippen LogP contribution in [0, 0.1) is 5.92 Å². The SMILES string of the molecule is CC1(C)C(=O)NCCN1C(=O)NC1CCCCC1C(=O)O. The predicted octanol–water partition coefficient (Wildman–Crippen LogP) is 0.550. The molecule has 0 aromatic heterocycles. The Balaban J connectivity index is 2.06. The first-order chi connectivity index (χ1) is 9.84. The van der Waals surface area contributed by atoms with E-state index in [4.69, 9.17) is 0 Å². The van der Waals surface area contributed by atoms with E-state index in [9.17, 15) is 19.5 Å². The van der Waals surface area contributed by atoms with Crippen molar-refractivity contribution >= 4 is 17.9 Å². The second kappa shape index (κ2) is 5.91. The van der Waals surface area contributed by atoms with Crippen molar-refractivity contribution in [3.05, 3.63) is 0 Å². The molecule has 2 rings (SSSR count). The van der Waals surface area contributed by atoms with Gasteiger partial charge in [0.2, 0.25) is 5.91 Å². The highest BCUT2D eigenvalue weighted by Crippen LogP contribution is 2.26. The number of carboxylic acids is 1. The number of hydrogen-bond donors (Lipinski definition) is 3. The number of nitrogens with zero attached hydrogens (tertiary/aromatic N) is 1. The average Bonchev–Trinajstić information content (AvgIpc) is 2.42. The number of urea groups is 1. The van der Waals surface area contributed by atoms with Crippen LogP contribution in [0.15, 0.2) is 0 Å². The Hall–Kier alpha value is -1.79. The van der Waals surface area contributed by atoms with Crippen molar-refractivity contribution in [2.24, 2.45) is 5.92 Å². The third kappa shape index (κ3) is 3.11. The summed E-state index contributed by atoms with van der Waals surface area (Å²) >= 11 is 0. The fourth-order valence-corrected chi connectivity index (χ4v) is 3.09. The van der Waals surface area contributed by atoms with Gasteiger partial charge in [0.15, 0.2) is 0 Å². The van der Waals surface area contributed by atoms with Crippen LogP contribution in [0.4, 0.5) is 4.79 Å². The molecule has 1 saturated carbocycles. The molecule has 7 heteroatoms. The Labute approximate surface area is 124 Å². The van der Waals surface area contributed by atoms with Crippen molar-refractivity contribution in [2.75, 3.05) is 13.1 Å². The molecule has 0 aromatic carbocycles. The fraction of sp³-hybridized carbons (Fsp3) is 0.786. The number of nitrogens with one attached hydrogen (secondary N) is 2. The van der Waals surface area contributed by atoms with E-state index in [2.05, 4.69) is 10.6 Å². The Morgan fingerprint density at radius 2 is 2.00 bits per heavy atom. The van der Waals surface area contributed by atoms with Crippen LogP contribution >= 0.6 is 0 Å². The lowest BCUT2D eigenvalue weighted by Gasteiger charge is -2.42. The number of carboxylic acid groups (broad SMARTS) is 1. The van der Waals surface area contributed by atoms with E-state index in [0.717, 1.165) is 12.8 Å². The Morgan fingerprint density at radius 3 is 2.67 bits per heavy atom. The van der Waals surface area contributed by atoms with Crippen LogP contribution in [0.2, 0.25) is 0 Å². The van der Waals surface area contributed by atoms with Gasteiger partial charge < -0.3 is 20.6 Å². The molecule has 118 valence electrons. The molecule has 2 unspecified atom stereocenters. The number of amides is 3. The van der Waals surface area contributed by atoms with Crippen LogP contribution in [0.1, 0.15) is 39.5 Å². The van der Waals surface area contributed by atoms with E-state index >= 15 is 0 Å². The molecule has 0 radical (unpaired) electrons. The Kier molecular flexibility index (Phi) is 4.39. The van der Waals surface area contributed by atoms with E-state index in [1.54, 1.807) is 13.8 Å². The maximum absolute atomic E-state index is 12.4. The van der Waals surface area contributed by atoms with Gasteiger partial charge in [0.25, 0.3) is 0 Å². The maximum atomic E-state index is 12.4. The van der Waals surface area contributed by atoms with Crippen molar-refractivity contribution in [1.29, 1.82) is 0 Å². The summed E-state index contributed by atoms with van der Waals surface area (Å²) in [6, 6.07) is -0.711. The van der Waals surface area contributed by atoms with Gasteiger partial charge in [-0.2, -0.15) is 0 Å². The summed E-state index contributed by atoms with van der Waals surface area (Å²) in [4.78, 5) is 37.1. The summed E-state index contributed by atoms with van der Waals surface area (Å²) in [5.74, 6) is -1.59. The third-order valence-electron chi connectivity index (χ3n) is 4.49. The van der Waals surface area contributed by atoms with Gasteiger partial charge in [-0.05, 0) is 26.7 Å². The molecule has 0 spiro atoms. The molecule has 1 aliphatic heterocycles. The molecule has 1 saturated heterocycles. The number of carbonyl (C=O) groups is 3. The molecule has 21 heavy (non-hydrogen) atoms. The number of hydrogen-bond acceptors (Lipinski definition) is 3. The first-order valence-corrected chi connectivity index (χ1v) is 7.43.